The molecule has 1 N–H and O–H groups in total. The van der Waals surface area contributed by atoms with E-state index in [9.17, 15) is 9.59 Å². The summed E-state index contributed by atoms with van der Waals surface area (Å²) in [5.41, 5.74) is 4.38. The summed E-state index contributed by atoms with van der Waals surface area (Å²) in [7, 11) is 1.61. The number of rotatable bonds is 6. The summed E-state index contributed by atoms with van der Waals surface area (Å²) in [6, 6.07) is 15.2. The standard InChI is InChI=1S/C25H24ClNO4/c1-3-31-25(29)24-19(12-16-6-4-5-7-22(16)30-2)23-20(27-24)13-17(14-21(23)28)15-8-10-18(26)11-9-15/h4-11,17,27H,3,12-14H2,1-2H3/t17-/m1/s1. The number of halogens is 1. The second kappa shape index (κ2) is 8.98. The second-order valence-electron chi connectivity index (χ2n) is 7.62. The predicted molar refractivity (Wildman–Crippen MR) is 119 cm³/mol. The van der Waals surface area contributed by atoms with Crippen LogP contribution >= 0.6 is 11.6 Å². The highest BCUT2D eigenvalue weighted by atomic mass is 35.5. The highest BCUT2D eigenvalue weighted by Crippen LogP contribution is 2.37. The molecule has 31 heavy (non-hydrogen) atoms. The number of hydrogen-bond acceptors (Lipinski definition) is 4. The molecule has 0 aliphatic heterocycles. The molecule has 5 nitrogen and oxygen atoms in total. The molecule has 1 atom stereocenters. The number of aromatic amines is 1. The third-order valence-corrected chi connectivity index (χ3v) is 5.98. The Morgan fingerprint density at radius 2 is 1.87 bits per heavy atom. The number of ketones is 1. The number of carbonyl (C=O) groups excluding carboxylic acids is 2. The third-order valence-electron chi connectivity index (χ3n) is 5.72. The first-order valence-electron chi connectivity index (χ1n) is 10.3. The molecule has 0 radical (unpaired) electrons. The van der Waals surface area contributed by atoms with Crippen molar-refractivity contribution in [1.29, 1.82) is 0 Å². The van der Waals surface area contributed by atoms with E-state index in [1.807, 2.05) is 48.5 Å². The monoisotopic (exact) mass is 437 g/mol. The molecular formula is C25H24ClNO4. The lowest BCUT2D eigenvalue weighted by Gasteiger charge is -2.22. The molecule has 1 aliphatic rings. The van der Waals surface area contributed by atoms with E-state index in [1.165, 1.54) is 0 Å². The Hall–Kier alpha value is -3.05. The zero-order valence-corrected chi connectivity index (χ0v) is 18.3. The lowest BCUT2D eigenvalue weighted by Crippen LogP contribution is -2.19. The van der Waals surface area contributed by atoms with E-state index >= 15 is 0 Å². The number of hydrogen-bond donors (Lipinski definition) is 1. The van der Waals surface area contributed by atoms with Gasteiger partial charge in [-0.05, 0) is 48.6 Å². The van der Waals surface area contributed by atoms with Crippen LogP contribution in [0.4, 0.5) is 0 Å². The van der Waals surface area contributed by atoms with Gasteiger partial charge >= 0.3 is 5.97 Å². The van der Waals surface area contributed by atoms with Crippen molar-refractivity contribution in [3.63, 3.8) is 0 Å². The summed E-state index contributed by atoms with van der Waals surface area (Å²) < 4.78 is 10.7. The van der Waals surface area contributed by atoms with Crippen LogP contribution in [0.5, 0.6) is 5.75 Å². The van der Waals surface area contributed by atoms with Crippen LogP contribution in [0.2, 0.25) is 5.02 Å². The molecule has 0 bridgehead atoms. The van der Waals surface area contributed by atoms with Crippen molar-refractivity contribution in [3.05, 3.63) is 87.2 Å². The van der Waals surface area contributed by atoms with E-state index in [0.717, 1.165) is 22.6 Å². The average molecular weight is 438 g/mol. The number of para-hydroxylation sites is 1. The van der Waals surface area contributed by atoms with Crippen LogP contribution in [0, 0.1) is 0 Å². The van der Waals surface area contributed by atoms with Crippen LogP contribution < -0.4 is 4.74 Å². The Morgan fingerprint density at radius 3 is 2.58 bits per heavy atom. The fraction of sp³-hybridized carbons (Fsp3) is 0.280. The number of aromatic nitrogens is 1. The highest BCUT2D eigenvalue weighted by Gasteiger charge is 2.34. The van der Waals surface area contributed by atoms with Crippen molar-refractivity contribution in [2.75, 3.05) is 13.7 Å². The molecule has 0 fully saturated rings. The molecule has 0 saturated heterocycles. The summed E-state index contributed by atoms with van der Waals surface area (Å²) in [6.45, 7) is 2.03. The fourth-order valence-electron chi connectivity index (χ4n) is 4.29. The van der Waals surface area contributed by atoms with Crippen molar-refractivity contribution < 1.29 is 19.1 Å². The van der Waals surface area contributed by atoms with Crippen LogP contribution in [0.15, 0.2) is 48.5 Å². The number of benzene rings is 2. The van der Waals surface area contributed by atoms with Gasteiger partial charge in [-0.25, -0.2) is 4.79 Å². The predicted octanol–water partition coefficient (Wildman–Crippen LogP) is 5.36. The zero-order chi connectivity index (χ0) is 22.0. The van der Waals surface area contributed by atoms with Crippen molar-refractivity contribution in [2.45, 2.75) is 32.1 Å². The number of Topliss-reactive ketones (excluding diaryl/α,β-unsaturated/α-hetero) is 1. The van der Waals surface area contributed by atoms with Gasteiger partial charge in [-0.1, -0.05) is 41.9 Å². The van der Waals surface area contributed by atoms with Crippen molar-refractivity contribution in [2.24, 2.45) is 0 Å². The summed E-state index contributed by atoms with van der Waals surface area (Å²) in [6.07, 6.45) is 1.43. The molecule has 160 valence electrons. The van der Waals surface area contributed by atoms with E-state index in [4.69, 9.17) is 21.1 Å². The number of fused-ring (bicyclic) bond motifs is 1. The number of carbonyl (C=O) groups is 2. The summed E-state index contributed by atoms with van der Waals surface area (Å²) in [4.78, 5) is 29.2. The molecule has 1 heterocycles. The Kier molecular flexibility index (Phi) is 6.14. The first-order chi connectivity index (χ1) is 15.0. The number of methoxy groups -OCH3 is 1. The molecule has 0 spiro atoms. The molecule has 0 unspecified atom stereocenters. The topological polar surface area (TPSA) is 68.4 Å². The zero-order valence-electron chi connectivity index (χ0n) is 17.5. The maximum absolute atomic E-state index is 13.3. The molecule has 2 aromatic carbocycles. The van der Waals surface area contributed by atoms with Crippen LogP contribution in [0.1, 0.15) is 62.5 Å². The minimum Gasteiger partial charge on any atom is -0.496 e. The average Bonchev–Trinajstić information content (AvgIpc) is 3.13. The maximum atomic E-state index is 13.3. The quantitative estimate of drug-likeness (QED) is 0.527. The molecule has 1 aliphatic carbocycles. The van der Waals surface area contributed by atoms with Gasteiger partial charge in [0, 0.05) is 34.7 Å². The number of ether oxygens (including phenoxy) is 2. The van der Waals surface area contributed by atoms with Gasteiger partial charge in [0.15, 0.2) is 5.78 Å². The molecule has 0 amide bonds. The molecule has 4 rings (SSSR count). The first-order valence-corrected chi connectivity index (χ1v) is 10.7. The lowest BCUT2D eigenvalue weighted by atomic mass is 9.80. The molecule has 6 heteroatoms. The van der Waals surface area contributed by atoms with E-state index < -0.39 is 5.97 Å². The largest absolute Gasteiger partial charge is 0.496 e. The lowest BCUT2D eigenvalue weighted by molar-refractivity contribution is 0.0519. The van der Waals surface area contributed by atoms with Gasteiger partial charge < -0.3 is 14.5 Å². The normalized spacial score (nSPS) is 15.5. The van der Waals surface area contributed by atoms with Crippen molar-refractivity contribution in [3.8, 4) is 5.75 Å². The number of esters is 1. The number of nitrogens with one attached hydrogen (secondary N) is 1. The van der Waals surface area contributed by atoms with Gasteiger partial charge in [0.1, 0.15) is 11.4 Å². The van der Waals surface area contributed by atoms with Gasteiger partial charge in [0.05, 0.1) is 13.7 Å². The van der Waals surface area contributed by atoms with Crippen LogP contribution in [-0.4, -0.2) is 30.5 Å². The van der Waals surface area contributed by atoms with Gasteiger partial charge in [-0.15, -0.1) is 0 Å². The van der Waals surface area contributed by atoms with Gasteiger partial charge in [0.25, 0.3) is 0 Å². The van der Waals surface area contributed by atoms with E-state index in [0.29, 0.717) is 41.1 Å². The van der Waals surface area contributed by atoms with E-state index in [2.05, 4.69) is 4.98 Å². The minimum atomic E-state index is -0.447. The van der Waals surface area contributed by atoms with Crippen LogP contribution in [-0.2, 0) is 17.6 Å². The Morgan fingerprint density at radius 1 is 1.13 bits per heavy atom. The van der Waals surface area contributed by atoms with Gasteiger partial charge in [-0.2, -0.15) is 0 Å². The maximum Gasteiger partial charge on any atom is 0.355 e. The first kappa shape index (κ1) is 21.2. The van der Waals surface area contributed by atoms with Crippen molar-refractivity contribution in [1.82, 2.24) is 4.98 Å². The SMILES string of the molecule is CCOC(=O)c1[nH]c2c(c1Cc1ccccc1OC)C(=O)C[C@H](c1ccc(Cl)cc1)C2. The summed E-state index contributed by atoms with van der Waals surface area (Å²) >= 11 is 6.02. The molecular weight excluding hydrogens is 414 g/mol. The van der Waals surface area contributed by atoms with Crippen LogP contribution in [0.25, 0.3) is 0 Å². The fourth-order valence-corrected chi connectivity index (χ4v) is 4.42. The third kappa shape index (κ3) is 4.23. The molecule has 1 aromatic heterocycles. The van der Waals surface area contributed by atoms with E-state index in [1.54, 1.807) is 14.0 Å². The Bertz CT molecular complexity index is 1120. The van der Waals surface area contributed by atoms with Crippen LogP contribution in [0.3, 0.4) is 0 Å². The van der Waals surface area contributed by atoms with Gasteiger partial charge in [-0.3, -0.25) is 4.79 Å². The smallest absolute Gasteiger partial charge is 0.355 e. The van der Waals surface area contributed by atoms with Gasteiger partial charge in [0.2, 0.25) is 0 Å². The highest BCUT2D eigenvalue weighted by molar-refractivity contribution is 6.30. The summed E-state index contributed by atoms with van der Waals surface area (Å²) in [5, 5.41) is 0.662. The molecule has 0 saturated carbocycles. The Labute approximate surface area is 186 Å². The minimum absolute atomic E-state index is 0.0258. The van der Waals surface area contributed by atoms with Crippen molar-refractivity contribution >= 4 is 23.4 Å². The Balaban J connectivity index is 1.76. The number of H-pyrrole nitrogens is 1. The van der Waals surface area contributed by atoms with E-state index in [-0.39, 0.29) is 18.3 Å². The summed E-state index contributed by atoms with van der Waals surface area (Å²) in [5.74, 6) is 0.329. The molecule has 3 aromatic rings. The second-order valence-corrected chi connectivity index (χ2v) is 8.06.